The summed E-state index contributed by atoms with van der Waals surface area (Å²) in [7, 11) is 0. The van der Waals surface area contributed by atoms with E-state index in [1.165, 1.54) is 59.2 Å². The Balaban J connectivity index is 1.97. The lowest BCUT2D eigenvalue weighted by Gasteiger charge is -2.08. The molecule has 0 aliphatic carbocycles. The van der Waals surface area contributed by atoms with Gasteiger partial charge in [-0.1, -0.05) is 68.7 Å². The molecule has 0 saturated heterocycles. The second-order valence-corrected chi connectivity index (χ2v) is 5.55. The summed E-state index contributed by atoms with van der Waals surface area (Å²) < 4.78 is 0. The lowest BCUT2D eigenvalue weighted by Crippen LogP contribution is -1.88. The highest BCUT2D eigenvalue weighted by molar-refractivity contribution is 5.98. The third-order valence-electron chi connectivity index (χ3n) is 4.03. The normalized spacial score (nSPS) is 11.2. The van der Waals surface area contributed by atoms with E-state index in [0.29, 0.717) is 0 Å². The molecule has 3 aromatic carbocycles. The average Bonchev–Trinajstić information content (AvgIpc) is 2.50. The Morgan fingerprint density at radius 3 is 2.60 bits per heavy atom. The zero-order chi connectivity index (χ0) is 13.8. The van der Waals surface area contributed by atoms with Gasteiger partial charge in [-0.25, -0.2) is 0 Å². The van der Waals surface area contributed by atoms with Crippen LogP contribution >= 0.6 is 0 Å². The number of aryl methyl sites for hydroxylation is 1. The van der Waals surface area contributed by atoms with Gasteiger partial charge in [0.1, 0.15) is 0 Å². The molecule has 0 saturated carbocycles. The summed E-state index contributed by atoms with van der Waals surface area (Å²) in [4.78, 5) is 0. The van der Waals surface area contributed by atoms with Gasteiger partial charge in [0.05, 0.1) is 0 Å². The molecule has 0 nitrogen and oxygen atoms in total. The molecule has 0 aliphatic rings. The molecular weight excluding hydrogens is 240 g/mol. The fraction of sp³-hybridized carbons (Fsp3) is 0.300. The zero-order valence-electron chi connectivity index (χ0n) is 12.2. The number of benzene rings is 3. The summed E-state index contributed by atoms with van der Waals surface area (Å²) in [6, 6.07) is 21.0. The number of unbranched alkanes of at least 4 members (excludes halogenated alkanes) is 3. The molecule has 0 heterocycles. The summed E-state index contributed by atoms with van der Waals surface area (Å²) in [5, 5.41) is 5.13. The van der Waals surface area contributed by atoms with Gasteiger partial charge in [0.25, 0.3) is 0 Å². The summed E-state index contributed by atoms with van der Waals surface area (Å²) in [5.41, 5.74) is 1.47. The molecule has 0 spiro atoms. The first-order valence-electron chi connectivity index (χ1n) is 7.71. The van der Waals surface area contributed by atoms with Crippen LogP contribution in [0.25, 0.3) is 21.5 Å². The molecule has 0 bridgehead atoms. The highest BCUT2D eigenvalue weighted by atomic mass is 14.1. The summed E-state index contributed by atoms with van der Waals surface area (Å²) in [5.74, 6) is 0. The third kappa shape index (κ3) is 2.70. The number of rotatable bonds is 5. The predicted octanol–water partition coefficient (Wildman–Crippen LogP) is 5.92. The van der Waals surface area contributed by atoms with Gasteiger partial charge in [-0.15, -0.1) is 0 Å². The average molecular weight is 261 g/mol. The van der Waals surface area contributed by atoms with Crippen molar-refractivity contribution in [3.05, 3.63) is 60.2 Å². The lowest BCUT2D eigenvalue weighted by molar-refractivity contribution is 0.668. The van der Waals surface area contributed by atoms with Crippen LogP contribution in [0, 0.1) is 6.07 Å². The molecule has 3 aromatic rings. The minimum atomic E-state index is 1.18. The molecule has 3 rings (SSSR count). The second kappa shape index (κ2) is 6.09. The van der Waals surface area contributed by atoms with Crippen LogP contribution in [0.5, 0.6) is 0 Å². The molecule has 0 fully saturated rings. The quantitative estimate of drug-likeness (QED) is 0.395. The van der Waals surface area contributed by atoms with Crippen LogP contribution in [0.2, 0.25) is 0 Å². The van der Waals surface area contributed by atoms with Crippen LogP contribution in [-0.2, 0) is 6.42 Å². The van der Waals surface area contributed by atoms with E-state index in [2.05, 4.69) is 61.5 Å². The Kier molecular flexibility index (Phi) is 4.01. The van der Waals surface area contributed by atoms with Crippen molar-refractivity contribution in [2.75, 3.05) is 0 Å². The van der Waals surface area contributed by atoms with Gasteiger partial charge >= 0.3 is 0 Å². The summed E-state index contributed by atoms with van der Waals surface area (Å²) in [6.45, 7) is 2.26. The highest BCUT2D eigenvalue weighted by Gasteiger charge is 2.03. The van der Waals surface area contributed by atoms with Crippen molar-refractivity contribution in [1.29, 1.82) is 0 Å². The topological polar surface area (TPSA) is 0 Å². The van der Waals surface area contributed by atoms with Crippen LogP contribution in [0.4, 0.5) is 0 Å². The first-order chi connectivity index (χ1) is 9.88. The van der Waals surface area contributed by atoms with Gasteiger partial charge in [0.15, 0.2) is 0 Å². The first-order valence-corrected chi connectivity index (χ1v) is 7.71. The van der Waals surface area contributed by atoms with Crippen molar-refractivity contribution in [1.82, 2.24) is 0 Å². The molecule has 0 unspecified atom stereocenters. The van der Waals surface area contributed by atoms with E-state index in [1.807, 2.05) is 0 Å². The Morgan fingerprint density at radius 2 is 1.70 bits per heavy atom. The molecule has 0 heteroatoms. The van der Waals surface area contributed by atoms with Crippen molar-refractivity contribution in [2.24, 2.45) is 0 Å². The Bertz CT molecular complexity index is 709. The van der Waals surface area contributed by atoms with E-state index in [4.69, 9.17) is 0 Å². The van der Waals surface area contributed by atoms with Crippen molar-refractivity contribution in [3.63, 3.8) is 0 Å². The maximum atomic E-state index is 3.55. The molecule has 0 amide bonds. The third-order valence-corrected chi connectivity index (χ3v) is 4.03. The van der Waals surface area contributed by atoms with E-state index in [1.54, 1.807) is 0 Å². The van der Waals surface area contributed by atoms with Gasteiger partial charge in [0, 0.05) is 0 Å². The molecule has 0 aromatic heterocycles. The van der Waals surface area contributed by atoms with E-state index in [-0.39, 0.29) is 0 Å². The van der Waals surface area contributed by atoms with E-state index >= 15 is 0 Å². The SMILES string of the molecule is CCCCCCc1cccc2[c]c3ccccc3cc12. The molecular formula is C20H21. The second-order valence-electron chi connectivity index (χ2n) is 5.55. The summed E-state index contributed by atoms with van der Waals surface area (Å²) in [6.07, 6.45) is 6.46. The zero-order valence-corrected chi connectivity index (χ0v) is 12.2. The van der Waals surface area contributed by atoms with Gasteiger partial charge in [0.2, 0.25) is 0 Å². The van der Waals surface area contributed by atoms with Crippen LogP contribution in [0.3, 0.4) is 0 Å². The van der Waals surface area contributed by atoms with Crippen LogP contribution in [-0.4, -0.2) is 0 Å². The van der Waals surface area contributed by atoms with Crippen molar-refractivity contribution < 1.29 is 0 Å². The lowest BCUT2D eigenvalue weighted by atomic mass is 9.96. The Labute approximate surface area is 121 Å². The number of hydrogen-bond acceptors (Lipinski definition) is 0. The Hall–Kier alpha value is -1.82. The monoisotopic (exact) mass is 261 g/mol. The van der Waals surface area contributed by atoms with Crippen molar-refractivity contribution >= 4 is 21.5 Å². The first kappa shape index (κ1) is 13.2. The van der Waals surface area contributed by atoms with Gasteiger partial charge in [-0.2, -0.15) is 0 Å². The van der Waals surface area contributed by atoms with Gasteiger partial charge in [-0.3, -0.25) is 0 Å². The number of hydrogen-bond donors (Lipinski definition) is 0. The maximum Gasteiger partial charge on any atom is -0.00142 e. The van der Waals surface area contributed by atoms with Crippen molar-refractivity contribution in [3.8, 4) is 0 Å². The molecule has 20 heavy (non-hydrogen) atoms. The fourth-order valence-electron chi connectivity index (χ4n) is 2.89. The Morgan fingerprint density at radius 1 is 0.850 bits per heavy atom. The molecule has 0 N–H and O–H groups in total. The number of fused-ring (bicyclic) bond motifs is 2. The van der Waals surface area contributed by atoms with Crippen LogP contribution in [0.15, 0.2) is 48.5 Å². The van der Waals surface area contributed by atoms with E-state index in [9.17, 15) is 0 Å². The molecule has 0 atom stereocenters. The molecule has 0 aliphatic heterocycles. The van der Waals surface area contributed by atoms with Crippen LogP contribution in [0.1, 0.15) is 38.2 Å². The van der Waals surface area contributed by atoms with E-state index < -0.39 is 0 Å². The smallest absolute Gasteiger partial charge is 0.00142 e. The fourth-order valence-corrected chi connectivity index (χ4v) is 2.89. The van der Waals surface area contributed by atoms with Gasteiger partial charge < -0.3 is 0 Å². The predicted molar refractivity (Wildman–Crippen MR) is 88.1 cm³/mol. The summed E-state index contributed by atoms with van der Waals surface area (Å²) >= 11 is 0. The van der Waals surface area contributed by atoms with E-state index in [0.717, 1.165) is 0 Å². The van der Waals surface area contributed by atoms with Crippen molar-refractivity contribution in [2.45, 2.75) is 39.0 Å². The minimum absolute atomic E-state index is 1.18. The molecule has 101 valence electrons. The van der Waals surface area contributed by atoms with Gasteiger partial charge in [-0.05, 0) is 52.1 Å². The minimum Gasteiger partial charge on any atom is -0.0654 e. The maximum absolute atomic E-state index is 3.55. The standard InChI is InChI=1S/C20H21/c1-2-3-4-5-9-16-12-8-13-19-14-17-10-6-7-11-18(17)15-20(16)19/h6-8,10-13,15H,2-5,9H2,1H3. The van der Waals surface area contributed by atoms with Crippen LogP contribution < -0.4 is 0 Å². The molecule has 1 radical (unpaired) electrons. The largest absolute Gasteiger partial charge is 0.0654 e. The highest BCUT2D eigenvalue weighted by Crippen LogP contribution is 2.26.